The molecule has 0 radical (unpaired) electrons. The van der Waals surface area contributed by atoms with Crippen molar-refractivity contribution >= 4 is 32.4 Å². The van der Waals surface area contributed by atoms with E-state index in [1.54, 1.807) is 30.3 Å². The third kappa shape index (κ3) is 3.49. The molecule has 0 spiro atoms. The first-order valence-electron chi connectivity index (χ1n) is 6.96. The van der Waals surface area contributed by atoms with Crippen molar-refractivity contribution in [1.82, 2.24) is 10.2 Å². The van der Waals surface area contributed by atoms with E-state index in [4.69, 9.17) is 4.74 Å². The van der Waals surface area contributed by atoms with E-state index in [-0.39, 0.29) is 11.6 Å². The molecule has 0 atom stereocenters. The van der Waals surface area contributed by atoms with Crippen molar-refractivity contribution in [2.24, 2.45) is 0 Å². The van der Waals surface area contributed by atoms with E-state index in [0.29, 0.717) is 33.6 Å². The lowest BCUT2D eigenvalue weighted by atomic mass is 10.2. The Hall–Kier alpha value is -2.19. The van der Waals surface area contributed by atoms with Crippen LogP contribution in [0, 0.1) is 5.82 Å². The smallest absolute Gasteiger partial charge is 0.206 e. The topological polar surface area (TPSA) is 67.3 Å². The molecule has 0 saturated heterocycles. The van der Waals surface area contributed by atoms with Crippen LogP contribution in [0.5, 0.6) is 11.5 Å². The largest absolute Gasteiger partial charge is 0.504 e. The number of phenols is 1. The van der Waals surface area contributed by atoms with Gasteiger partial charge in [0, 0.05) is 22.1 Å². The SMILES string of the molecule is COc1cccc(CNc2nnc(-c3cc(Br)ccc3F)s2)c1O. The Balaban J connectivity index is 1.76. The number of para-hydroxylation sites is 1. The Morgan fingerprint density at radius 1 is 1.29 bits per heavy atom. The van der Waals surface area contributed by atoms with Gasteiger partial charge in [-0.1, -0.05) is 39.4 Å². The van der Waals surface area contributed by atoms with E-state index in [9.17, 15) is 9.50 Å². The van der Waals surface area contributed by atoms with Gasteiger partial charge in [0.2, 0.25) is 5.13 Å². The second-order valence-electron chi connectivity index (χ2n) is 4.86. The van der Waals surface area contributed by atoms with Gasteiger partial charge in [-0.05, 0) is 24.3 Å². The Bertz CT molecular complexity index is 872. The monoisotopic (exact) mass is 409 g/mol. The van der Waals surface area contributed by atoms with Crippen LogP contribution in [-0.2, 0) is 6.54 Å². The van der Waals surface area contributed by atoms with Crippen molar-refractivity contribution in [3.8, 4) is 22.1 Å². The number of anilines is 1. The molecule has 0 aliphatic rings. The van der Waals surface area contributed by atoms with Gasteiger partial charge < -0.3 is 15.2 Å². The minimum Gasteiger partial charge on any atom is -0.504 e. The molecule has 0 aliphatic heterocycles. The van der Waals surface area contributed by atoms with Gasteiger partial charge >= 0.3 is 0 Å². The predicted molar refractivity (Wildman–Crippen MR) is 95.0 cm³/mol. The molecule has 1 aromatic heterocycles. The third-order valence-electron chi connectivity index (χ3n) is 3.32. The highest BCUT2D eigenvalue weighted by atomic mass is 79.9. The molecule has 0 amide bonds. The van der Waals surface area contributed by atoms with E-state index in [2.05, 4.69) is 31.4 Å². The summed E-state index contributed by atoms with van der Waals surface area (Å²) in [4.78, 5) is 0. The predicted octanol–water partition coefficient (Wildman–Crippen LogP) is 4.43. The van der Waals surface area contributed by atoms with Crippen molar-refractivity contribution in [1.29, 1.82) is 0 Å². The Morgan fingerprint density at radius 2 is 2.12 bits per heavy atom. The normalized spacial score (nSPS) is 10.6. The van der Waals surface area contributed by atoms with Crippen LogP contribution in [0.4, 0.5) is 9.52 Å². The molecule has 8 heteroatoms. The quantitative estimate of drug-likeness (QED) is 0.652. The molecule has 0 unspecified atom stereocenters. The minimum atomic E-state index is -0.355. The van der Waals surface area contributed by atoms with Crippen molar-refractivity contribution < 1.29 is 14.2 Å². The van der Waals surface area contributed by atoms with E-state index in [0.717, 1.165) is 4.47 Å². The van der Waals surface area contributed by atoms with E-state index >= 15 is 0 Å². The number of nitrogens with one attached hydrogen (secondary N) is 1. The number of benzene rings is 2. The number of ether oxygens (including phenoxy) is 1. The fraction of sp³-hybridized carbons (Fsp3) is 0.125. The standard InChI is InChI=1S/C16H13BrFN3O2S/c1-23-13-4-2-3-9(14(13)22)8-19-16-21-20-15(24-16)11-7-10(17)5-6-12(11)18/h2-7,22H,8H2,1H3,(H,19,21). The van der Waals surface area contributed by atoms with Crippen LogP contribution >= 0.6 is 27.3 Å². The second kappa shape index (κ2) is 7.14. The average Bonchev–Trinajstić information content (AvgIpc) is 3.05. The van der Waals surface area contributed by atoms with Gasteiger partial charge in [-0.25, -0.2) is 4.39 Å². The zero-order valence-corrected chi connectivity index (χ0v) is 15.0. The maximum atomic E-state index is 13.9. The van der Waals surface area contributed by atoms with Gasteiger partial charge in [-0.3, -0.25) is 0 Å². The van der Waals surface area contributed by atoms with Gasteiger partial charge in [0.1, 0.15) is 5.82 Å². The summed E-state index contributed by atoms with van der Waals surface area (Å²) in [6, 6.07) is 9.91. The molecule has 3 aromatic rings. The summed E-state index contributed by atoms with van der Waals surface area (Å²) in [6.07, 6.45) is 0. The lowest BCUT2D eigenvalue weighted by molar-refractivity contribution is 0.371. The van der Waals surface area contributed by atoms with Gasteiger partial charge in [-0.2, -0.15) is 0 Å². The summed E-state index contributed by atoms with van der Waals surface area (Å²) in [5.41, 5.74) is 1.05. The molecule has 2 N–H and O–H groups in total. The molecule has 2 aromatic carbocycles. The number of aromatic nitrogens is 2. The van der Waals surface area contributed by atoms with E-state index in [1.807, 2.05) is 0 Å². The number of methoxy groups -OCH3 is 1. The summed E-state index contributed by atoms with van der Waals surface area (Å²) in [7, 11) is 1.50. The highest BCUT2D eigenvalue weighted by Crippen LogP contribution is 2.32. The number of hydrogen-bond donors (Lipinski definition) is 2. The second-order valence-corrected chi connectivity index (χ2v) is 6.75. The number of halogens is 2. The first kappa shape index (κ1) is 16.7. The Kier molecular flexibility index (Phi) is 4.96. The number of phenolic OH excluding ortho intramolecular Hbond substituents is 1. The van der Waals surface area contributed by atoms with Gasteiger partial charge in [-0.15, -0.1) is 10.2 Å². The summed E-state index contributed by atoms with van der Waals surface area (Å²) in [5, 5.41) is 22.2. The van der Waals surface area contributed by atoms with Crippen molar-refractivity contribution in [3.05, 3.63) is 52.3 Å². The molecular formula is C16H13BrFN3O2S. The molecule has 1 heterocycles. The molecule has 0 bridgehead atoms. The first-order valence-corrected chi connectivity index (χ1v) is 8.57. The number of nitrogens with zero attached hydrogens (tertiary/aromatic N) is 2. The molecule has 24 heavy (non-hydrogen) atoms. The summed E-state index contributed by atoms with van der Waals surface area (Å²) < 4.78 is 19.7. The van der Waals surface area contributed by atoms with Gasteiger partial charge in [0.15, 0.2) is 16.5 Å². The van der Waals surface area contributed by atoms with Crippen molar-refractivity contribution in [2.45, 2.75) is 6.54 Å². The highest BCUT2D eigenvalue weighted by Gasteiger charge is 2.13. The van der Waals surface area contributed by atoms with Crippen LogP contribution < -0.4 is 10.1 Å². The van der Waals surface area contributed by atoms with E-state index in [1.165, 1.54) is 24.5 Å². The van der Waals surface area contributed by atoms with Gasteiger partial charge in [0.25, 0.3) is 0 Å². The summed E-state index contributed by atoms with van der Waals surface area (Å²) >= 11 is 4.55. The molecule has 0 fully saturated rings. The van der Waals surface area contributed by atoms with Crippen LogP contribution in [0.15, 0.2) is 40.9 Å². The van der Waals surface area contributed by atoms with Gasteiger partial charge in [0.05, 0.1) is 7.11 Å². The zero-order chi connectivity index (χ0) is 17.1. The molecule has 124 valence electrons. The highest BCUT2D eigenvalue weighted by molar-refractivity contribution is 9.10. The fourth-order valence-corrected chi connectivity index (χ4v) is 3.23. The molecule has 0 saturated carbocycles. The summed E-state index contributed by atoms with van der Waals surface area (Å²) in [5.74, 6) is 0.130. The number of rotatable bonds is 5. The lowest BCUT2D eigenvalue weighted by Gasteiger charge is -2.08. The Morgan fingerprint density at radius 3 is 2.92 bits per heavy atom. The van der Waals surface area contributed by atoms with Crippen LogP contribution in [0.25, 0.3) is 10.6 Å². The third-order valence-corrected chi connectivity index (χ3v) is 4.72. The van der Waals surface area contributed by atoms with Crippen LogP contribution in [0.1, 0.15) is 5.56 Å². The number of aromatic hydroxyl groups is 1. The summed E-state index contributed by atoms with van der Waals surface area (Å²) in [6.45, 7) is 0.346. The average molecular weight is 410 g/mol. The number of hydrogen-bond acceptors (Lipinski definition) is 6. The lowest BCUT2D eigenvalue weighted by Crippen LogP contribution is -2.00. The van der Waals surface area contributed by atoms with Crippen LogP contribution in [0.2, 0.25) is 0 Å². The molecular weight excluding hydrogens is 397 g/mol. The molecule has 3 rings (SSSR count). The zero-order valence-electron chi connectivity index (χ0n) is 12.6. The first-order chi connectivity index (χ1) is 11.6. The van der Waals surface area contributed by atoms with Crippen LogP contribution in [-0.4, -0.2) is 22.4 Å². The maximum absolute atomic E-state index is 13.9. The molecule has 5 nitrogen and oxygen atoms in total. The van der Waals surface area contributed by atoms with Crippen molar-refractivity contribution in [2.75, 3.05) is 12.4 Å². The minimum absolute atomic E-state index is 0.0790. The Labute approximate surface area is 150 Å². The fourth-order valence-electron chi connectivity index (χ4n) is 2.11. The maximum Gasteiger partial charge on any atom is 0.206 e. The van der Waals surface area contributed by atoms with Crippen LogP contribution in [0.3, 0.4) is 0 Å². The van der Waals surface area contributed by atoms with E-state index < -0.39 is 0 Å². The van der Waals surface area contributed by atoms with Crippen molar-refractivity contribution in [3.63, 3.8) is 0 Å². The molecule has 0 aliphatic carbocycles.